The van der Waals surface area contributed by atoms with Gasteiger partial charge in [0.15, 0.2) is 0 Å². The second-order valence-electron chi connectivity index (χ2n) is 5.91. The van der Waals surface area contributed by atoms with Gasteiger partial charge in [0.2, 0.25) is 0 Å². The summed E-state index contributed by atoms with van der Waals surface area (Å²) in [5.74, 6) is 1.42. The van der Waals surface area contributed by atoms with E-state index < -0.39 is 0 Å². The normalized spacial score (nSPS) is 22.1. The van der Waals surface area contributed by atoms with Crippen LogP contribution in [0.4, 0.5) is 5.69 Å². The van der Waals surface area contributed by atoms with Crippen LogP contribution in [0.3, 0.4) is 0 Å². The van der Waals surface area contributed by atoms with E-state index in [2.05, 4.69) is 10.2 Å². The molecule has 0 saturated heterocycles. The molecule has 1 heterocycles. The summed E-state index contributed by atoms with van der Waals surface area (Å²) in [6.07, 6.45) is 3.44. The summed E-state index contributed by atoms with van der Waals surface area (Å²) < 4.78 is 1.86. The molecular weight excluding hydrogens is 284 g/mol. The lowest BCUT2D eigenvalue weighted by molar-refractivity contribution is -0.384. The van der Waals surface area contributed by atoms with Gasteiger partial charge in [-0.3, -0.25) is 10.1 Å². The average Bonchev–Trinajstić information content (AvgIpc) is 2.88. The van der Waals surface area contributed by atoms with Crippen molar-refractivity contribution < 1.29 is 10.0 Å². The highest BCUT2D eigenvalue weighted by atomic mass is 16.6. The quantitative estimate of drug-likeness (QED) is 0.672. The molecule has 1 N–H and O–H groups in total. The number of rotatable bonds is 5. The van der Waals surface area contributed by atoms with Crippen molar-refractivity contribution in [3.05, 3.63) is 52.1 Å². The first-order chi connectivity index (χ1) is 10.6. The maximum atomic E-state index is 11.0. The van der Waals surface area contributed by atoms with Crippen LogP contribution in [0.5, 0.6) is 0 Å². The molecule has 1 saturated carbocycles. The number of hydrogen-bond donors (Lipinski definition) is 1. The molecule has 1 atom stereocenters. The van der Waals surface area contributed by atoms with Crippen LogP contribution < -0.4 is 0 Å². The Labute approximate surface area is 127 Å². The third-order valence-electron chi connectivity index (χ3n) is 4.47. The summed E-state index contributed by atoms with van der Waals surface area (Å²) in [5, 5.41) is 28.4. The van der Waals surface area contributed by atoms with Crippen molar-refractivity contribution in [3.8, 4) is 0 Å². The number of non-ortho nitro benzene ring substituents is 1. The first-order valence-electron chi connectivity index (χ1n) is 7.29. The highest BCUT2D eigenvalue weighted by Crippen LogP contribution is 2.46. The molecule has 0 spiro atoms. The molecular formula is C15H18N4O3. The molecule has 0 aliphatic heterocycles. The highest BCUT2D eigenvalue weighted by Gasteiger charge is 2.38. The van der Waals surface area contributed by atoms with Gasteiger partial charge in [-0.2, -0.15) is 0 Å². The summed E-state index contributed by atoms with van der Waals surface area (Å²) in [6, 6.07) is 6.72. The summed E-state index contributed by atoms with van der Waals surface area (Å²) in [4.78, 5) is 10.6. The molecule has 2 aromatic rings. The smallest absolute Gasteiger partial charge is 0.269 e. The van der Waals surface area contributed by atoms with Gasteiger partial charge in [-0.1, -0.05) is 12.1 Å². The molecule has 3 rings (SSSR count). The third kappa shape index (κ3) is 2.59. The lowest BCUT2D eigenvalue weighted by atomic mass is 9.66. The average molecular weight is 302 g/mol. The first-order valence-corrected chi connectivity index (χ1v) is 7.29. The Hall–Kier alpha value is -2.28. The van der Waals surface area contributed by atoms with Crippen LogP contribution in [0.15, 0.2) is 30.6 Å². The van der Waals surface area contributed by atoms with Crippen molar-refractivity contribution in [2.45, 2.75) is 18.8 Å². The summed E-state index contributed by atoms with van der Waals surface area (Å²) in [7, 11) is 1.88. The van der Waals surface area contributed by atoms with E-state index >= 15 is 0 Å². The lowest BCUT2D eigenvalue weighted by Crippen LogP contribution is -2.32. The molecule has 7 heteroatoms. The Morgan fingerprint density at radius 2 is 2.27 bits per heavy atom. The highest BCUT2D eigenvalue weighted by molar-refractivity contribution is 5.38. The Morgan fingerprint density at radius 3 is 2.86 bits per heavy atom. The molecule has 0 radical (unpaired) electrons. The minimum Gasteiger partial charge on any atom is -0.396 e. The van der Waals surface area contributed by atoms with Gasteiger partial charge in [-0.25, -0.2) is 0 Å². The number of hydrogen-bond acceptors (Lipinski definition) is 5. The van der Waals surface area contributed by atoms with E-state index in [9.17, 15) is 15.2 Å². The monoisotopic (exact) mass is 302 g/mol. The van der Waals surface area contributed by atoms with E-state index in [4.69, 9.17) is 0 Å². The SMILES string of the molecule is Cn1cnnc1C(c1cccc([N+](=O)[O-])c1)C1CC(CO)C1. The van der Waals surface area contributed by atoms with E-state index in [1.165, 1.54) is 6.07 Å². The zero-order valence-electron chi connectivity index (χ0n) is 12.3. The standard InChI is InChI=1S/C15H18N4O3/c1-18-9-16-17-15(18)14(12-5-10(6-12)8-20)11-3-2-4-13(7-11)19(21)22/h2-4,7,9-10,12,14,20H,5-6,8H2,1H3. The molecule has 1 unspecified atom stereocenters. The zero-order chi connectivity index (χ0) is 15.7. The van der Waals surface area contributed by atoms with Crippen LogP contribution in [-0.4, -0.2) is 31.4 Å². The maximum absolute atomic E-state index is 11.0. The molecule has 1 aromatic carbocycles. The van der Waals surface area contributed by atoms with Crippen LogP contribution in [0.2, 0.25) is 0 Å². The van der Waals surface area contributed by atoms with Gasteiger partial charge >= 0.3 is 0 Å². The van der Waals surface area contributed by atoms with E-state index in [1.807, 2.05) is 17.7 Å². The summed E-state index contributed by atoms with van der Waals surface area (Å²) in [5.41, 5.74) is 0.967. The van der Waals surface area contributed by atoms with Gasteiger partial charge in [0.25, 0.3) is 5.69 Å². The van der Waals surface area contributed by atoms with Crippen LogP contribution in [0.25, 0.3) is 0 Å². The molecule has 22 heavy (non-hydrogen) atoms. The molecule has 1 aromatic heterocycles. The summed E-state index contributed by atoms with van der Waals surface area (Å²) >= 11 is 0. The minimum absolute atomic E-state index is 0.0322. The fraction of sp³-hybridized carbons (Fsp3) is 0.467. The molecule has 1 aliphatic rings. The second-order valence-corrected chi connectivity index (χ2v) is 5.91. The van der Waals surface area contributed by atoms with Gasteiger partial charge in [0.1, 0.15) is 12.2 Å². The van der Waals surface area contributed by atoms with Crippen LogP contribution in [0, 0.1) is 22.0 Å². The van der Waals surface area contributed by atoms with E-state index in [-0.39, 0.29) is 23.1 Å². The second kappa shape index (κ2) is 5.84. The van der Waals surface area contributed by atoms with E-state index in [0.29, 0.717) is 11.8 Å². The van der Waals surface area contributed by atoms with Crippen LogP contribution >= 0.6 is 0 Å². The van der Waals surface area contributed by atoms with Crippen molar-refractivity contribution in [1.29, 1.82) is 0 Å². The predicted octanol–water partition coefficient (Wildman–Crippen LogP) is 1.87. The number of nitrogens with zero attached hydrogens (tertiary/aromatic N) is 4. The maximum Gasteiger partial charge on any atom is 0.269 e. The predicted molar refractivity (Wildman–Crippen MR) is 79.2 cm³/mol. The van der Waals surface area contributed by atoms with Gasteiger partial charge in [0.05, 0.1) is 4.92 Å². The van der Waals surface area contributed by atoms with Crippen molar-refractivity contribution in [3.63, 3.8) is 0 Å². The number of benzene rings is 1. The van der Waals surface area contributed by atoms with Crippen LogP contribution in [0.1, 0.15) is 30.1 Å². The Kier molecular flexibility index (Phi) is 3.89. The van der Waals surface area contributed by atoms with Crippen LogP contribution in [-0.2, 0) is 7.05 Å². The summed E-state index contributed by atoms with van der Waals surface area (Å²) in [6.45, 7) is 0.191. The van der Waals surface area contributed by atoms with Gasteiger partial charge in [-0.15, -0.1) is 10.2 Å². The number of aliphatic hydroxyl groups excluding tert-OH is 1. The number of nitro groups is 1. The lowest BCUT2D eigenvalue weighted by Gasteiger charge is -2.39. The molecule has 116 valence electrons. The fourth-order valence-corrected chi connectivity index (χ4v) is 3.25. The van der Waals surface area contributed by atoms with Crippen molar-refractivity contribution in [2.75, 3.05) is 6.61 Å². The fourth-order valence-electron chi connectivity index (χ4n) is 3.25. The van der Waals surface area contributed by atoms with Crippen molar-refractivity contribution in [1.82, 2.24) is 14.8 Å². The number of aliphatic hydroxyl groups is 1. The number of aryl methyl sites for hydroxylation is 1. The van der Waals surface area contributed by atoms with E-state index in [1.54, 1.807) is 18.5 Å². The topological polar surface area (TPSA) is 94.1 Å². The van der Waals surface area contributed by atoms with Gasteiger partial charge in [-0.05, 0) is 30.2 Å². The Morgan fingerprint density at radius 1 is 1.50 bits per heavy atom. The van der Waals surface area contributed by atoms with Crippen molar-refractivity contribution >= 4 is 5.69 Å². The Balaban J connectivity index is 1.97. The molecule has 0 amide bonds. The molecule has 0 bridgehead atoms. The van der Waals surface area contributed by atoms with Gasteiger partial charge in [0, 0.05) is 31.7 Å². The molecule has 1 aliphatic carbocycles. The molecule has 7 nitrogen and oxygen atoms in total. The van der Waals surface area contributed by atoms with E-state index in [0.717, 1.165) is 24.2 Å². The Bertz CT molecular complexity index is 679. The third-order valence-corrected chi connectivity index (χ3v) is 4.47. The first kappa shape index (κ1) is 14.6. The number of aromatic nitrogens is 3. The number of nitro benzene ring substituents is 1. The minimum atomic E-state index is -0.380. The molecule has 1 fully saturated rings. The van der Waals surface area contributed by atoms with Crippen molar-refractivity contribution in [2.24, 2.45) is 18.9 Å². The zero-order valence-corrected chi connectivity index (χ0v) is 12.3. The van der Waals surface area contributed by atoms with Gasteiger partial charge < -0.3 is 9.67 Å². The largest absolute Gasteiger partial charge is 0.396 e.